The van der Waals surface area contributed by atoms with Gasteiger partial charge in [0.2, 0.25) is 5.91 Å². The van der Waals surface area contributed by atoms with Gasteiger partial charge in [-0.05, 0) is 24.6 Å². The molecule has 0 saturated carbocycles. The van der Waals surface area contributed by atoms with Gasteiger partial charge in [0.1, 0.15) is 37.4 Å². The van der Waals surface area contributed by atoms with Crippen LogP contribution in [-0.2, 0) is 4.79 Å². The Morgan fingerprint density at radius 3 is 2.68 bits per heavy atom. The van der Waals surface area contributed by atoms with Crippen molar-refractivity contribution in [3.63, 3.8) is 0 Å². The van der Waals surface area contributed by atoms with Crippen molar-refractivity contribution in [2.24, 2.45) is 0 Å². The minimum Gasteiger partial charge on any atom is -0.337 e. The number of hydrogen-bond acceptors (Lipinski definition) is 2. The zero-order valence-electron chi connectivity index (χ0n) is 12.9. The maximum atomic E-state index is 13.1. The normalized spacial score (nSPS) is 26.6. The van der Waals surface area contributed by atoms with E-state index in [4.69, 9.17) is 0 Å². The van der Waals surface area contributed by atoms with Gasteiger partial charge in [-0.15, -0.1) is 11.8 Å². The van der Waals surface area contributed by atoms with Gasteiger partial charge in [0.25, 0.3) is 0 Å². The summed E-state index contributed by atoms with van der Waals surface area (Å²) in [7, 11) is 0. The van der Waals surface area contributed by atoms with E-state index >= 15 is 0 Å². The summed E-state index contributed by atoms with van der Waals surface area (Å²) in [5, 5.41) is 2.36. The Labute approximate surface area is 135 Å². The quantitative estimate of drug-likeness (QED) is 0.765. The van der Waals surface area contributed by atoms with Gasteiger partial charge < -0.3 is 15.1 Å². The lowest BCUT2D eigenvalue weighted by molar-refractivity contribution is -0.946. The number of nitrogens with two attached hydrogens (primary N) is 1. The summed E-state index contributed by atoms with van der Waals surface area (Å²) in [4.78, 5) is 16.0. The van der Waals surface area contributed by atoms with Gasteiger partial charge in [0.05, 0.1) is 18.3 Å². The minimum atomic E-state index is -0.230. The molecule has 1 amide bonds. The lowest BCUT2D eigenvalue weighted by atomic mass is 10.2. The molecule has 2 atom stereocenters. The number of thioether (sulfide) groups is 1. The number of carbonyl (C=O) groups is 1. The zero-order valence-corrected chi connectivity index (χ0v) is 13.7. The molecule has 2 saturated heterocycles. The fourth-order valence-corrected chi connectivity index (χ4v) is 4.51. The Morgan fingerprint density at radius 1 is 1.32 bits per heavy atom. The number of benzene rings is 1. The molecule has 2 aliphatic heterocycles. The lowest BCUT2D eigenvalue weighted by Crippen LogP contribution is -3.20. The summed E-state index contributed by atoms with van der Waals surface area (Å²) in [5.74, 6) is -0.0195. The van der Waals surface area contributed by atoms with E-state index < -0.39 is 0 Å². The third-order valence-electron chi connectivity index (χ3n) is 4.51. The van der Waals surface area contributed by atoms with E-state index in [1.54, 1.807) is 28.8 Å². The average Bonchev–Trinajstić information content (AvgIpc) is 2.82. The van der Waals surface area contributed by atoms with E-state index in [2.05, 4.69) is 5.32 Å². The molecule has 2 fully saturated rings. The van der Waals surface area contributed by atoms with Crippen LogP contribution >= 0.6 is 11.8 Å². The molecule has 1 aromatic rings. The van der Waals surface area contributed by atoms with Crippen LogP contribution in [0.15, 0.2) is 24.3 Å². The number of rotatable bonds is 4. The Balaban J connectivity index is 1.68. The topological polar surface area (TPSA) is 41.4 Å². The first kappa shape index (κ1) is 15.8. The van der Waals surface area contributed by atoms with Gasteiger partial charge in [-0.2, -0.15) is 0 Å². The van der Waals surface area contributed by atoms with Crippen molar-refractivity contribution < 1.29 is 19.4 Å². The third-order valence-corrected chi connectivity index (χ3v) is 5.91. The highest BCUT2D eigenvalue weighted by Gasteiger charge is 2.38. The van der Waals surface area contributed by atoms with Gasteiger partial charge >= 0.3 is 0 Å². The maximum absolute atomic E-state index is 13.1. The second-order valence-electron chi connectivity index (χ2n) is 6.08. The standard InChI is InChI=1S/C16H22FN3OS/c1-12-15(21)20(11-10-19-8-6-18-7-9-19)16(22-12)13-2-4-14(17)5-3-13/h2-5,12,16,18H,6-11H2,1H3/p+2/t12-,16+/m1/s1. The molecule has 2 heterocycles. The molecule has 6 heteroatoms. The van der Waals surface area contributed by atoms with Crippen LogP contribution in [0.2, 0.25) is 0 Å². The van der Waals surface area contributed by atoms with Crippen molar-refractivity contribution in [1.82, 2.24) is 4.90 Å². The fourth-order valence-electron chi connectivity index (χ4n) is 3.20. The maximum Gasteiger partial charge on any atom is 0.236 e. The number of amides is 1. The molecule has 22 heavy (non-hydrogen) atoms. The largest absolute Gasteiger partial charge is 0.337 e. The van der Waals surface area contributed by atoms with E-state index in [9.17, 15) is 9.18 Å². The number of hydrogen-bond donors (Lipinski definition) is 2. The molecule has 0 bridgehead atoms. The number of carbonyl (C=O) groups excluding carboxylic acids is 1. The first-order valence-corrected chi connectivity index (χ1v) is 8.96. The minimum absolute atomic E-state index is 0.0141. The molecule has 4 nitrogen and oxygen atoms in total. The summed E-state index contributed by atoms with van der Waals surface area (Å²) < 4.78 is 13.1. The molecule has 120 valence electrons. The predicted molar refractivity (Wildman–Crippen MR) is 85.1 cm³/mol. The Bertz CT molecular complexity index is 519. The number of halogens is 1. The van der Waals surface area contributed by atoms with E-state index in [1.807, 2.05) is 11.8 Å². The second kappa shape index (κ2) is 6.98. The molecule has 0 spiro atoms. The van der Waals surface area contributed by atoms with Gasteiger partial charge in [-0.3, -0.25) is 4.79 Å². The molecule has 0 aromatic heterocycles. The molecular weight excluding hydrogens is 301 g/mol. The van der Waals surface area contributed by atoms with Gasteiger partial charge in [0.15, 0.2) is 0 Å². The van der Waals surface area contributed by atoms with Crippen LogP contribution in [0.5, 0.6) is 0 Å². The fraction of sp³-hybridized carbons (Fsp3) is 0.562. The molecular formula is C16H24FN3OS+2. The number of nitrogens with one attached hydrogen (secondary N) is 1. The van der Waals surface area contributed by atoms with Crippen molar-refractivity contribution in [2.45, 2.75) is 17.5 Å². The number of piperazine rings is 1. The van der Waals surface area contributed by atoms with Crippen LogP contribution in [-0.4, -0.2) is 55.3 Å². The lowest BCUT2D eigenvalue weighted by Gasteiger charge is -2.28. The van der Waals surface area contributed by atoms with Crippen molar-refractivity contribution in [2.75, 3.05) is 39.3 Å². The van der Waals surface area contributed by atoms with Crippen LogP contribution in [0, 0.1) is 5.82 Å². The van der Waals surface area contributed by atoms with Crippen LogP contribution in [0.4, 0.5) is 4.39 Å². The van der Waals surface area contributed by atoms with Crippen LogP contribution < -0.4 is 10.2 Å². The molecule has 0 radical (unpaired) electrons. The second-order valence-corrected chi connectivity index (χ2v) is 7.51. The van der Waals surface area contributed by atoms with E-state index in [0.717, 1.165) is 18.7 Å². The summed E-state index contributed by atoms with van der Waals surface area (Å²) in [6, 6.07) is 6.56. The first-order chi connectivity index (χ1) is 10.6. The van der Waals surface area contributed by atoms with Crippen molar-refractivity contribution in [3.05, 3.63) is 35.6 Å². The van der Waals surface area contributed by atoms with Crippen LogP contribution in [0.1, 0.15) is 17.9 Å². The average molecular weight is 325 g/mol. The zero-order chi connectivity index (χ0) is 15.5. The Hall–Kier alpha value is -1.11. The van der Waals surface area contributed by atoms with Crippen LogP contribution in [0.3, 0.4) is 0 Å². The Morgan fingerprint density at radius 2 is 2.00 bits per heavy atom. The summed E-state index contributed by atoms with van der Waals surface area (Å²) >= 11 is 1.67. The summed E-state index contributed by atoms with van der Waals surface area (Å²) in [5.41, 5.74) is 1.02. The molecule has 3 rings (SSSR count). The van der Waals surface area contributed by atoms with E-state index in [1.165, 1.54) is 38.3 Å². The van der Waals surface area contributed by atoms with E-state index in [0.29, 0.717) is 0 Å². The molecule has 1 aromatic carbocycles. The monoisotopic (exact) mass is 325 g/mol. The highest BCUT2D eigenvalue weighted by atomic mass is 32.2. The summed E-state index contributed by atoms with van der Waals surface area (Å²) in [6.45, 7) is 8.45. The first-order valence-electron chi connectivity index (χ1n) is 8.02. The molecule has 3 N–H and O–H groups in total. The Kier molecular flexibility index (Phi) is 5.00. The van der Waals surface area contributed by atoms with Gasteiger partial charge in [-0.1, -0.05) is 12.1 Å². The van der Waals surface area contributed by atoms with Crippen molar-refractivity contribution >= 4 is 17.7 Å². The molecule has 2 aliphatic rings. The predicted octanol–water partition coefficient (Wildman–Crippen LogP) is -0.750. The van der Waals surface area contributed by atoms with Gasteiger partial charge in [-0.25, -0.2) is 4.39 Å². The number of quaternary nitrogens is 2. The van der Waals surface area contributed by atoms with E-state index in [-0.39, 0.29) is 22.3 Å². The molecule has 0 unspecified atom stereocenters. The third kappa shape index (κ3) is 3.45. The molecule has 0 aliphatic carbocycles. The SMILES string of the molecule is C[C@H]1S[C@@H](c2ccc(F)cc2)N(CC[NH+]2CC[NH2+]CC2)C1=O. The summed E-state index contributed by atoms with van der Waals surface area (Å²) in [6.07, 6.45) is 0. The smallest absolute Gasteiger partial charge is 0.236 e. The van der Waals surface area contributed by atoms with Crippen molar-refractivity contribution in [3.8, 4) is 0 Å². The highest BCUT2D eigenvalue weighted by Crippen LogP contribution is 2.42. The highest BCUT2D eigenvalue weighted by molar-refractivity contribution is 8.01. The van der Waals surface area contributed by atoms with Crippen molar-refractivity contribution in [1.29, 1.82) is 0 Å². The number of nitrogens with zero attached hydrogens (tertiary/aromatic N) is 1. The van der Waals surface area contributed by atoms with Crippen LogP contribution in [0.25, 0.3) is 0 Å². The van der Waals surface area contributed by atoms with Gasteiger partial charge in [0, 0.05) is 0 Å².